The second-order valence-corrected chi connectivity index (χ2v) is 4.00. The molecule has 14 heavy (non-hydrogen) atoms. The number of rotatable bonds is 2. The molecule has 74 valence electrons. The summed E-state index contributed by atoms with van der Waals surface area (Å²) in [5, 5.41) is 8.88. The zero-order chi connectivity index (χ0) is 9.97. The van der Waals surface area contributed by atoms with E-state index >= 15 is 0 Å². The Morgan fingerprint density at radius 3 is 2.71 bits per heavy atom. The minimum atomic E-state index is -0.103. The molecule has 1 atom stereocenters. The molecule has 1 aromatic carbocycles. The van der Waals surface area contributed by atoms with Crippen LogP contribution in [0.4, 0.5) is 0 Å². The quantitative estimate of drug-likeness (QED) is 0.872. The summed E-state index contributed by atoms with van der Waals surface area (Å²) in [6.45, 7) is 0.516. The summed E-state index contributed by atoms with van der Waals surface area (Å²) >= 11 is 3.36. The molecule has 1 N–H and O–H groups in total. The Morgan fingerprint density at radius 1 is 1.43 bits per heavy atom. The van der Waals surface area contributed by atoms with Crippen LogP contribution in [0, 0.1) is 0 Å². The second-order valence-electron chi connectivity index (χ2n) is 3.09. The predicted octanol–water partition coefficient (Wildman–Crippen LogP) is 1.59. The van der Waals surface area contributed by atoms with Crippen LogP contribution in [0.1, 0.15) is 5.56 Å². The number of aliphatic hydroxyl groups is 1. The molecule has 3 nitrogen and oxygen atoms in total. The van der Waals surface area contributed by atoms with Gasteiger partial charge < -0.3 is 9.84 Å². The van der Waals surface area contributed by atoms with E-state index in [1.807, 2.05) is 24.3 Å². The maximum Gasteiger partial charge on any atom is 0.216 e. The molecule has 0 aromatic heterocycles. The van der Waals surface area contributed by atoms with Crippen molar-refractivity contribution >= 4 is 21.8 Å². The van der Waals surface area contributed by atoms with Crippen molar-refractivity contribution in [3.05, 3.63) is 34.3 Å². The van der Waals surface area contributed by atoms with Crippen LogP contribution < -0.4 is 0 Å². The molecule has 1 heterocycles. The Balaban J connectivity index is 2.20. The van der Waals surface area contributed by atoms with Crippen LogP contribution in [0.15, 0.2) is 33.7 Å². The van der Waals surface area contributed by atoms with E-state index in [1.54, 1.807) is 0 Å². The van der Waals surface area contributed by atoms with Gasteiger partial charge in [0, 0.05) is 10.0 Å². The van der Waals surface area contributed by atoms with Gasteiger partial charge in [-0.25, -0.2) is 4.99 Å². The van der Waals surface area contributed by atoms with Gasteiger partial charge in [-0.05, 0) is 24.3 Å². The van der Waals surface area contributed by atoms with Gasteiger partial charge in [0.2, 0.25) is 5.90 Å². The lowest BCUT2D eigenvalue weighted by Gasteiger charge is -2.00. The third-order valence-corrected chi connectivity index (χ3v) is 2.54. The molecule has 1 aromatic rings. The molecule has 4 heteroatoms. The number of benzene rings is 1. The van der Waals surface area contributed by atoms with Gasteiger partial charge in [0.15, 0.2) is 0 Å². The Labute approximate surface area is 90.6 Å². The van der Waals surface area contributed by atoms with Crippen molar-refractivity contribution in [1.82, 2.24) is 0 Å². The molecule has 1 aliphatic heterocycles. The van der Waals surface area contributed by atoms with Crippen LogP contribution in [-0.4, -0.2) is 30.3 Å². The number of ether oxygens (including phenoxy) is 1. The van der Waals surface area contributed by atoms with Crippen molar-refractivity contribution in [1.29, 1.82) is 0 Å². The van der Waals surface area contributed by atoms with E-state index in [1.165, 1.54) is 0 Å². The lowest BCUT2D eigenvalue weighted by Crippen LogP contribution is -2.10. The van der Waals surface area contributed by atoms with Gasteiger partial charge in [0.1, 0.15) is 12.6 Å². The summed E-state index contributed by atoms with van der Waals surface area (Å²) < 4.78 is 6.38. The summed E-state index contributed by atoms with van der Waals surface area (Å²) in [4.78, 5) is 4.24. The normalized spacial score (nSPS) is 20.4. The van der Waals surface area contributed by atoms with E-state index in [9.17, 15) is 0 Å². The molecular formula is C10H10BrNO2. The first-order chi connectivity index (χ1) is 6.79. The third kappa shape index (κ3) is 1.96. The van der Waals surface area contributed by atoms with Gasteiger partial charge in [-0.15, -0.1) is 0 Å². The van der Waals surface area contributed by atoms with E-state index < -0.39 is 0 Å². The lowest BCUT2D eigenvalue weighted by atomic mass is 10.2. The highest BCUT2D eigenvalue weighted by Gasteiger charge is 2.18. The minimum Gasteiger partial charge on any atom is -0.475 e. The molecule has 0 fully saturated rings. The van der Waals surface area contributed by atoms with E-state index in [0.29, 0.717) is 12.5 Å². The second kappa shape index (κ2) is 4.11. The van der Waals surface area contributed by atoms with Crippen molar-refractivity contribution in [2.24, 2.45) is 4.99 Å². The fraction of sp³-hybridized carbons (Fsp3) is 0.300. The van der Waals surface area contributed by atoms with E-state index in [2.05, 4.69) is 20.9 Å². The standard InChI is InChI=1S/C10H10BrNO2/c11-8-3-1-7(2-4-8)10-12-9(5-13)6-14-10/h1-4,9,13H,5-6H2/t9-/m0/s1. The zero-order valence-corrected chi connectivity index (χ0v) is 9.07. The number of aliphatic imine (C=N–C) groups is 1. The van der Waals surface area contributed by atoms with Crippen LogP contribution in [0.25, 0.3) is 0 Å². The fourth-order valence-electron chi connectivity index (χ4n) is 1.26. The van der Waals surface area contributed by atoms with E-state index in [-0.39, 0.29) is 12.6 Å². The molecule has 1 aliphatic rings. The van der Waals surface area contributed by atoms with E-state index in [4.69, 9.17) is 9.84 Å². The zero-order valence-electron chi connectivity index (χ0n) is 7.48. The molecule has 0 spiro atoms. The lowest BCUT2D eigenvalue weighted by molar-refractivity contribution is 0.227. The predicted molar refractivity (Wildman–Crippen MR) is 57.5 cm³/mol. The molecule has 0 unspecified atom stereocenters. The first kappa shape index (κ1) is 9.68. The minimum absolute atomic E-state index is 0.0417. The summed E-state index contributed by atoms with van der Waals surface area (Å²) in [5.74, 6) is 0.622. The Bertz CT molecular complexity index is 348. The molecular weight excluding hydrogens is 246 g/mol. The van der Waals surface area contributed by atoms with Gasteiger partial charge in [-0.1, -0.05) is 15.9 Å². The van der Waals surface area contributed by atoms with Crippen molar-refractivity contribution in [2.45, 2.75) is 6.04 Å². The van der Waals surface area contributed by atoms with Crippen molar-refractivity contribution in [3.63, 3.8) is 0 Å². The highest BCUT2D eigenvalue weighted by atomic mass is 79.9. The van der Waals surface area contributed by atoms with Gasteiger partial charge in [0.05, 0.1) is 6.61 Å². The molecule has 2 rings (SSSR count). The Morgan fingerprint density at radius 2 is 2.14 bits per heavy atom. The maximum atomic E-state index is 8.88. The fourth-order valence-corrected chi connectivity index (χ4v) is 1.52. The Kier molecular flexibility index (Phi) is 2.84. The summed E-state index contributed by atoms with van der Waals surface area (Å²) in [6, 6.07) is 7.64. The largest absolute Gasteiger partial charge is 0.475 e. The molecule has 0 bridgehead atoms. The number of aliphatic hydroxyl groups excluding tert-OH is 1. The van der Waals surface area contributed by atoms with Crippen molar-refractivity contribution < 1.29 is 9.84 Å². The van der Waals surface area contributed by atoms with Gasteiger partial charge in [-0.2, -0.15) is 0 Å². The number of nitrogens with zero attached hydrogens (tertiary/aromatic N) is 1. The third-order valence-electron chi connectivity index (χ3n) is 2.01. The number of hydrogen-bond acceptors (Lipinski definition) is 3. The maximum absolute atomic E-state index is 8.88. The van der Waals surface area contributed by atoms with Crippen LogP contribution >= 0.6 is 15.9 Å². The van der Waals surface area contributed by atoms with E-state index in [0.717, 1.165) is 10.0 Å². The Hall–Kier alpha value is -0.870. The highest BCUT2D eigenvalue weighted by molar-refractivity contribution is 9.10. The van der Waals surface area contributed by atoms with Crippen LogP contribution in [0.3, 0.4) is 0 Å². The molecule has 0 radical (unpaired) electrons. The molecule has 0 saturated carbocycles. The van der Waals surface area contributed by atoms with Crippen LogP contribution in [0.2, 0.25) is 0 Å². The number of halogens is 1. The van der Waals surface area contributed by atoms with Crippen molar-refractivity contribution in [3.8, 4) is 0 Å². The van der Waals surface area contributed by atoms with Gasteiger partial charge in [-0.3, -0.25) is 0 Å². The average Bonchev–Trinajstić information content (AvgIpc) is 2.67. The summed E-state index contributed by atoms with van der Waals surface area (Å²) in [7, 11) is 0. The van der Waals surface area contributed by atoms with Gasteiger partial charge in [0.25, 0.3) is 0 Å². The van der Waals surface area contributed by atoms with Crippen molar-refractivity contribution in [2.75, 3.05) is 13.2 Å². The monoisotopic (exact) mass is 255 g/mol. The smallest absolute Gasteiger partial charge is 0.216 e. The number of hydrogen-bond donors (Lipinski definition) is 1. The first-order valence-electron chi connectivity index (χ1n) is 4.37. The average molecular weight is 256 g/mol. The highest BCUT2D eigenvalue weighted by Crippen LogP contribution is 2.15. The first-order valence-corrected chi connectivity index (χ1v) is 5.16. The summed E-state index contributed by atoms with van der Waals surface area (Å²) in [6.07, 6.45) is 0. The topological polar surface area (TPSA) is 41.8 Å². The molecule has 0 amide bonds. The SMILES string of the molecule is OC[C@H]1COC(c2ccc(Br)cc2)=N1. The molecule has 0 saturated heterocycles. The summed E-state index contributed by atoms with van der Waals surface area (Å²) in [5.41, 5.74) is 0.948. The molecule has 0 aliphatic carbocycles. The van der Waals surface area contributed by atoms with Crippen LogP contribution in [0.5, 0.6) is 0 Å². The van der Waals surface area contributed by atoms with Gasteiger partial charge >= 0.3 is 0 Å². The van der Waals surface area contributed by atoms with Crippen LogP contribution in [-0.2, 0) is 4.74 Å².